The number of aromatic nitrogens is 3. The fourth-order valence-electron chi connectivity index (χ4n) is 1.56. The molecule has 0 aromatic carbocycles. The van der Waals surface area contributed by atoms with E-state index < -0.39 is 0 Å². The molecule has 2 aromatic rings. The highest BCUT2D eigenvalue weighted by molar-refractivity contribution is 14.1. The predicted octanol–water partition coefficient (Wildman–Crippen LogP) is 1.79. The van der Waals surface area contributed by atoms with Gasteiger partial charge in [0.1, 0.15) is 0 Å². The van der Waals surface area contributed by atoms with Crippen molar-refractivity contribution in [2.45, 2.75) is 18.8 Å². The van der Waals surface area contributed by atoms with E-state index in [1.165, 1.54) is 22.1 Å². The topological polar surface area (TPSA) is 56.2 Å². The Bertz CT molecular complexity index is 501. The molecule has 5 heteroatoms. The molecule has 0 aliphatic heterocycles. The molecule has 4 nitrogen and oxygen atoms in total. The molecule has 3 rings (SSSR count). The lowest BCUT2D eigenvalue weighted by molar-refractivity contribution is 0.882. The van der Waals surface area contributed by atoms with Gasteiger partial charge in [-0.05, 0) is 35.4 Å². The molecule has 1 aliphatic rings. The van der Waals surface area contributed by atoms with E-state index in [4.69, 9.17) is 5.73 Å². The van der Waals surface area contributed by atoms with Crippen LogP contribution in [0.3, 0.4) is 0 Å². The molecule has 0 bridgehead atoms. The van der Waals surface area contributed by atoms with E-state index in [9.17, 15) is 0 Å². The zero-order valence-corrected chi connectivity index (χ0v) is 9.60. The number of nitrogens with zero attached hydrogens (tertiary/aromatic N) is 3. The third-order valence-corrected chi connectivity index (χ3v) is 3.46. The molecule has 0 spiro atoms. The quantitative estimate of drug-likeness (QED) is 0.817. The van der Waals surface area contributed by atoms with Crippen molar-refractivity contribution >= 4 is 33.9 Å². The lowest BCUT2D eigenvalue weighted by atomic mass is 10.3. The summed E-state index contributed by atoms with van der Waals surface area (Å²) in [5.74, 6) is 0.657. The van der Waals surface area contributed by atoms with E-state index in [2.05, 4.69) is 32.7 Å². The van der Waals surface area contributed by atoms with Gasteiger partial charge in [-0.3, -0.25) is 0 Å². The molecule has 0 radical (unpaired) electrons. The zero-order valence-electron chi connectivity index (χ0n) is 7.44. The highest BCUT2D eigenvalue weighted by Crippen LogP contribution is 2.41. The average molecular weight is 300 g/mol. The van der Waals surface area contributed by atoms with Crippen molar-refractivity contribution in [3.8, 4) is 0 Å². The van der Waals surface area contributed by atoms with Crippen LogP contribution >= 0.6 is 22.6 Å². The third-order valence-electron chi connectivity index (χ3n) is 2.42. The summed E-state index contributed by atoms with van der Waals surface area (Å²) in [5, 5.41) is 4.50. The van der Waals surface area contributed by atoms with Gasteiger partial charge in [-0.25, -0.2) is 9.50 Å². The summed E-state index contributed by atoms with van der Waals surface area (Å²) in [7, 11) is 0. The van der Waals surface area contributed by atoms with Crippen LogP contribution in [0.1, 0.15) is 24.5 Å². The van der Waals surface area contributed by atoms with Gasteiger partial charge in [-0.2, -0.15) is 5.10 Å². The number of hydrogen-bond acceptors (Lipinski definition) is 3. The lowest BCUT2D eigenvalue weighted by Gasteiger charge is -1.93. The number of hydrogen-bond donors (Lipinski definition) is 1. The fourth-order valence-corrected chi connectivity index (χ4v) is 2.49. The first-order valence-corrected chi connectivity index (χ1v) is 5.63. The van der Waals surface area contributed by atoms with Crippen molar-refractivity contribution in [3.05, 3.63) is 21.7 Å². The molecule has 2 N–H and O–H groups in total. The molecule has 1 aliphatic carbocycles. The molecule has 2 heterocycles. The number of rotatable bonds is 1. The average Bonchev–Trinajstić information content (AvgIpc) is 2.93. The van der Waals surface area contributed by atoms with E-state index in [0.717, 1.165) is 5.65 Å². The second-order valence-corrected chi connectivity index (χ2v) is 4.71. The maximum atomic E-state index is 5.65. The number of halogens is 1. The smallest absolute Gasteiger partial charge is 0.168 e. The minimum atomic E-state index is 0.652. The van der Waals surface area contributed by atoms with E-state index in [-0.39, 0.29) is 0 Å². The Labute approximate surface area is 94.6 Å². The third kappa shape index (κ3) is 1.18. The van der Waals surface area contributed by atoms with Crippen molar-refractivity contribution < 1.29 is 0 Å². The second kappa shape index (κ2) is 2.82. The van der Waals surface area contributed by atoms with Crippen molar-refractivity contribution in [1.82, 2.24) is 14.6 Å². The Morgan fingerprint density at radius 1 is 1.50 bits per heavy atom. The van der Waals surface area contributed by atoms with Crippen LogP contribution in [0, 0.1) is 3.57 Å². The summed E-state index contributed by atoms with van der Waals surface area (Å²) < 4.78 is 2.95. The minimum absolute atomic E-state index is 0.652. The molecule has 1 saturated carbocycles. The second-order valence-electron chi connectivity index (χ2n) is 3.63. The molecular weight excluding hydrogens is 291 g/mol. The Balaban J connectivity index is 2.28. The van der Waals surface area contributed by atoms with Gasteiger partial charge in [0.25, 0.3) is 0 Å². The first-order valence-electron chi connectivity index (χ1n) is 4.55. The number of nitrogen functional groups attached to an aromatic ring is 1. The number of anilines is 1. The highest BCUT2D eigenvalue weighted by atomic mass is 127. The van der Waals surface area contributed by atoms with Crippen LogP contribution in [0.15, 0.2) is 12.4 Å². The van der Waals surface area contributed by atoms with Crippen molar-refractivity contribution in [2.24, 2.45) is 0 Å². The number of fused-ring (bicyclic) bond motifs is 1. The summed E-state index contributed by atoms with van der Waals surface area (Å²) in [5.41, 5.74) is 8.40. The van der Waals surface area contributed by atoms with Crippen LogP contribution in [-0.4, -0.2) is 14.6 Å². The van der Waals surface area contributed by atoms with E-state index in [1.54, 1.807) is 10.7 Å². The van der Waals surface area contributed by atoms with E-state index in [0.29, 0.717) is 11.6 Å². The Morgan fingerprint density at radius 3 is 3.00 bits per heavy atom. The molecule has 0 saturated heterocycles. The van der Waals surface area contributed by atoms with Crippen molar-refractivity contribution in [1.29, 1.82) is 0 Å². The van der Waals surface area contributed by atoms with Gasteiger partial charge >= 0.3 is 0 Å². The molecule has 0 amide bonds. The monoisotopic (exact) mass is 300 g/mol. The first-order chi connectivity index (χ1) is 6.75. The summed E-state index contributed by atoms with van der Waals surface area (Å²) in [4.78, 5) is 4.28. The van der Waals surface area contributed by atoms with Crippen LogP contribution < -0.4 is 5.73 Å². The standard InChI is InChI=1S/C9H9IN4/c10-7-8(5-1-2-5)13-14-4-6(11)3-12-9(7)14/h3-5H,1-2,11H2. The van der Waals surface area contributed by atoms with Crippen LogP contribution in [0.2, 0.25) is 0 Å². The maximum Gasteiger partial charge on any atom is 0.168 e. The van der Waals surface area contributed by atoms with Gasteiger partial charge in [0, 0.05) is 5.92 Å². The van der Waals surface area contributed by atoms with Crippen LogP contribution in [0.4, 0.5) is 5.69 Å². The Morgan fingerprint density at radius 2 is 2.29 bits per heavy atom. The molecule has 2 aromatic heterocycles. The summed E-state index contributed by atoms with van der Waals surface area (Å²) in [6.45, 7) is 0. The zero-order chi connectivity index (χ0) is 9.71. The summed E-state index contributed by atoms with van der Waals surface area (Å²) >= 11 is 2.31. The molecule has 0 unspecified atom stereocenters. The number of nitrogens with two attached hydrogens (primary N) is 1. The maximum absolute atomic E-state index is 5.65. The molecule has 14 heavy (non-hydrogen) atoms. The molecular formula is C9H9IN4. The highest BCUT2D eigenvalue weighted by Gasteiger charge is 2.29. The van der Waals surface area contributed by atoms with Gasteiger partial charge in [-0.15, -0.1) is 0 Å². The predicted molar refractivity (Wildman–Crippen MR) is 62.1 cm³/mol. The lowest BCUT2D eigenvalue weighted by Crippen LogP contribution is -1.94. The molecule has 1 fully saturated rings. The largest absolute Gasteiger partial charge is 0.396 e. The fraction of sp³-hybridized carbons (Fsp3) is 0.333. The molecule has 72 valence electrons. The summed E-state index contributed by atoms with van der Waals surface area (Å²) in [6, 6.07) is 0. The van der Waals surface area contributed by atoms with Gasteiger partial charge < -0.3 is 5.73 Å². The Kier molecular flexibility index (Phi) is 1.70. The van der Waals surface area contributed by atoms with Gasteiger partial charge in [0.05, 0.1) is 27.3 Å². The van der Waals surface area contributed by atoms with Crippen LogP contribution in [-0.2, 0) is 0 Å². The van der Waals surface area contributed by atoms with E-state index >= 15 is 0 Å². The minimum Gasteiger partial charge on any atom is -0.396 e. The first kappa shape index (κ1) is 8.46. The molecule has 0 atom stereocenters. The van der Waals surface area contributed by atoms with Crippen LogP contribution in [0.25, 0.3) is 5.65 Å². The van der Waals surface area contributed by atoms with Gasteiger partial charge in [0.2, 0.25) is 0 Å². The summed E-state index contributed by atoms with van der Waals surface area (Å²) in [6.07, 6.45) is 6.01. The van der Waals surface area contributed by atoms with E-state index in [1.807, 2.05) is 6.20 Å². The normalized spacial score (nSPS) is 16.4. The van der Waals surface area contributed by atoms with Crippen molar-refractivity contribution in [2.75, 3.05) is 5.73 Å². The Hall–Kier alpha value is -0.850. The SMILES string of the molecule is Nc1cnc2c(I)c(C3CC3)nn2c1. The van der Waals surface area contributed by atoms with Gasteiger partial charge in [0.15, 0.2) is 5.65 Å². The van der Waals surface area contributed by atoms with Gasteiger partial charge in [-0.1, -0.05) is 0 Å². The van der Waals surface area contributed by atoms with Crippen LogP contribution in [0.5, 0.6) is 0 Å². The van der Waals surface area contributed by atoms with Crippen molar-refractivity contribution in [3.63, 3.8) is 0 Å².